The van der Waals surface area contributed by atoms with E-state index in [9.17, 15) is 0 Å². The Morgan fingerprint density at radius 2 is 0.426 bits per heavy atom. The molecule has 28 aromatic rings. The summed E-state index contributed by atoms with van der Waals surface area (Å²) < 4.78 is 31.1. The molecule has 0 saturated carbocycles. The van der Waals surface area contributed by atoms with Gasteiger partial charge in [0.2, 0.25) is 0 Å². The number of hydrogen-bond donors (Lipinski definition) is 0. The van der Waals surface area contributed by atoms with Gasteiger partial charge in [0.25, 0.3) is 0 Å². The van der Waals surface area contributed by atoms with Crippen LogP contribution >= 0.6 is 0 Å². The van der Waals surface area contributed by atoms with Crippen molar-refractivity contribution >= 4 is 131 Å². The Morgan fingerprint density at radius 3 is 0.899 bits per heavy atom. The molecule has 0 aliphatic rings. The summed E-state index contributed by atoms with van der Waals surface area (Å²) in [5.41, 5.74) is 39.0. The summed E-state index contributed by atoms with van der Waals surface area (Å²) in [5.74, 6) is 0. The molecule has 0 spiro atoms. The molecule has 0 aliphatic carbocycles. The van der Waals surface area contributed by atoms with Crippen LogP contribution in [0.2, 0.25) is 0 Å². The maximum atomic E-state index is 5.78. The predicted molar refractivity (Wildman–Crippen MR) is 630 cm³/mol. The van der Waals surface area contributed by atoms with Crippen molar-refractivity contribution in [3.05, 3.63) is 583 Å². The first-order valence-electron chi connectivity index (χ1n) is 50.5. The van der Waals surface area contributed by atoms with Crippen molar-refractivity contribution in [1.82, 2.24) is 4.57 Å². The monoisotopic (exact) mass is 1920 g/mol. The quantitative estimate of drug-likeness (QED) is 0.166. The van der Waals surface area contributed by atoms with Gasteiger partial charge in [0.05, 0.1) is 11.0 Å². The summed E-state index contributed by atoms with van der Waals surface area (Å²) in [5, 5.41) is 14.7. The van der Waals surface area contributed by atoms with E-state index in [1.807, 2.05) is 121 Å². The highest BCUT2D eigenvalue weighted by molar-refractivity contribution is 6.11. The fraction of sp³-hybridized carbons (Fsp3) is 0.0704. The van der Waals surface area contributed by atoms with Gasteiger partial charge in [0.15, 0.2) is 0 Å². The summed E-state index contributed by atoms with van der Waals surface area (Å²) >= 11 is 0. The van der Waals surface area contributed by atoms with E-state index in [0.29, 0.717) is 0 Å². The van der Waals surface area contributed by atoms with Crippen LogP contribution in [-0.2, 0) is 0 Å². The van der Waals surface area contributed by atoms with Crippen LogP contribution in [0.1, 0.15) is 55.6 Å². The number of nitrogens with zero attached hydrogens (tertiary/aromatic N) is 1. The van der Waals surface area contributed by atoms with Gasteiger partial charge in [-0.25, -0.2) is 0 Å². The molecule has 6 heterocycles. The first-order valence-corrected chi connectivity index (χ1v) is 50.5. The molecule has 22 aromatic carbocycles. The Balaban J connectivity index is 0.000000104. The summed E-state index contributed by atoms with van der Waals surface area (Å²) in [6.07, 6.45) is 0. The molecule has 0 aliphatic heterocycles. The zero-order chi connectivity index (χ0) is 102. The second kappa shape index (κ2) is 46.8. The van der Waals surface area contributed by atoms with Crippen LogP contribution in [0, 0.1) is 69.2 Å². The normalized spacial score (nSPS) is 10.8. The third kappa shape index (κ3) is 23.6. The average molecular weight is 1920 g/mol. The molecule has 28 rings (SSSR count). The van der Waals surface area contributed by atoms with Crippen molar-refractivity contribution in [3.8, 4) is 61.3 Å². The first-order chi connectivity index (χ1) is 72.5. The van der Waals surface area contributed by atoms with Gasteiger partial charge < -0.3 is 26.7 Å². The van der Waals surface area contributed by atoms with Crippen molar-refractivity contribution in [3.63, 3.8) is 0 Å². The zero-order valence-electron chi connectivity index (χ0n) is 85.2. The van der Waals surface area contributed by atoms with Crippen molar-refractivity contribution in [2.24, 2.45) is 0 Å². The largest absolute Gasteiger partial charge is 0.456 e. The molecular weight excluding hydrogens is 1800 g/mol. The zero-order valence-corrected chi connectivity index (χ0v) is 85.2. The molecule has 720 valence electrons. The van der Waals surface area contributed by atoms with Crippen LogP contribution < -0.4 is 0 Å². The summed E-state index contributed by atoms with van der Waals surface area (Å²) in [6, 6.07) is 183. The third-order valence-electron chi connectivity index (χ3n) is 26.4. The number of furan rings is 5. The van der Waals surface area contributed by atoms with Crippen molar-refractivity contribution in [2.75, 3.05) is 0 Å². The van der Waals surface area contributed by atoms with E-state index < -0.39 is 0 Å². The molecular formula is C142H117NO5. The lowest BCUT2D eigenvalue weighted by Gasteiger charge is -2.08. The van der Waals surface area contributed by atoms with Gasteiger partial charge in [-0.2, -0.15) is 0 Å². The van der Waals surface area contributed by atoms with Crippen LogP contribution in [0.4, 0.5) is 0 Å². The van der Waals surface area contributed by atoms with Gasteiger partial charge in [-0.1, -0.05) is 459 Å². The second-order valence-electron chi connectivity index (χ2n) is 37.6. The van der Waals surface area contributed by atoms with Crippen LogP contribution in [0.5, 0.6) is 0 Å². The Hall–Kier alpha value is -18.4. The van der Waals surface area contributed by atoms with Crippen LogP contribution in [-0.4, -0.2) is 4.57 Å². The Morgan fingerprint density at radius 1 is 0.135 bits per heavy atom. The molecule has 0 unspecified atom stereocenters. The van der Waals surface area contributed by atoms with E-state index in [-0.39, 0.29) is 0 Å². The molecule has 0 saturated heterocycles. The van der Waals surface area contributed by atoms with Crippen LogP contribution in [0.25, 0.3) is 193 Å². The van der Waals surface area contributed by atoms with Gasteiger partial charge in [-0.15, -0.1) is 0 Å². The molecule has 6 aromatic heterocycles. The van der Waals surface area contributed by atoms with E-state index in [4.69, 9.17) is 22.1 Å². The summed E-state index contributed by atoms with van der Waals surface area (Å²) in [7, 11) is 0. The van der Waals surface area contributed by atoms with Gasteiger partial charge in [0, 0.05) is 70.3 Å². The highest BCUT2D eigenvalue weighted by Gasteiger charge is 2.16. The number of rotatable bonds is 6. The Kier molecular flexibility index (Phi) is 31.1. The van der Waals surface area contributed by atoms with E-state index in [1.165, 1.54) is 193 Å². The summed E-state index contributed by atoms with van der Waals surface area (Å²) in [6.45, 7) is 21.1. The summed E-state index contributed by atoms with van der Waals surface area (Å²) in [4.78, 5) is 0. The minimum Gasteiger partial charge on any atom is -0.456 e. The molecule has 0 atom stereocenters. The van der Waals surface area contributed by atoms with Gasteiger partial charge in [-0.3, -0.25) is 0 Å². The fourth-order valence-corrected chi connectivity index (χ4v) is 19.0. The fourth-order valence-electron chi connectivity index (χ4n) is 19.0. The molecule has 6 nitrogen and oxygen atoms in total. The number of aromatic nitrogens is 1. The lowest BCUT2D eigenvalue weighted by Crippen LogP contribution is -1.92. The van der Waals surface area contributed by atoms with Gasteiger partial charge in [-0.05, 0) is 250 Å². The highest BCUT2D eigenvalue weighted by Crippen LogP contribution is 2.39. The van der Waals surface area contributed by atoms with E-state index in [0.717, 1.165) is 55.8 Å². The second-order valence-corrected chi connectivity index (χ2v) is 37.6. The average Bonchev–Trinajstić information content (AvgIpc) is 1.59. The third-order valence-corrected chi connectivity index (χ3v) is 26.4. The van der Waals surface area contributed by atoms with Crippen molar-refractivity contribution < 1.29 is 22.1 Å². The van der Waals surface area contributed by atoms with Crippen LogP contribution in [0.15, 0.2) is 550 Å². The molecule has 0 fully saturated rings. The molecule has 148 heavy (non-hydrogen) atoms. The standard InChI is InChI=1S/C19H15N.C19H16.5C13H10O.3C13H12/c1-14-11-12-19-17(13-14)16-9-5-6-10-18(16)20(19)15-7-3-2-4-8-15;1-15-12-18(16-8-4-2-5-9-16)14-19(13-15)17-10-6-3-7-11-17;2*1-9-5-4-7-11-10-6-2-3-8-12(10)14-13(9)11;2*1-9-6-7-13-11(8-9)10-4-2-3-5-12(10)14-13;1-9-6-7-11-10-4-2-3-5-12(10)14-13(11)8-9;1-11-7-5-6-10-13(11)12-8-3-2-4-9-12;1-11-6-5-9-13(10-11)12-7-3-2-4-8-12;1-11-7-9-13(10-8-11)12-5-3-2-4-6-12/h2-13H,1H3;2-14H,1H3;5*2-8H,1H3;3*2-10H,1H3. The smallest absolute Gasteiger partial charge is 0.138 e. The van der Waals surface area contributed by atoms with E-state index in [2.05, 4.69) is 480 Å². The van der Waals surface area contributed by atoms with Crippen molar-refractivity contribution in [2.45, 2.75) is 69.2 Å². The number of aryl methyl sites for hydroxylation is 10. The number of fused-ring (bicyclic) bond motifs is 18. The molecule has 0 amide bonds. The van der Waals surface area contributed by atoms with Gasteiger partial charge in [0.1, 0.15) is 55.8 Å². The molecule has 6 heteroatoms. The molecule has 0 bridgehead atoms. The maximum Gasteiger partial charge on any atom is 0.138 e. The van der Waals surface area contributed by atoms with Crippen LogP contribution in [0.3, 0.4) is 0 Å². The minimum absolute atomic E-state index is 0.966. The van der Waals surface area contributed by atoms with Crippen molar-refractivity contribution in [1.29, 1.82) is 0 Å². The first kappa shape index (κ1) is 98.4. The van der Waals surface area contributed by atoms with E-state index in [1.54, 1.807) is 0 Å². The van der Waals surface area contributed by atoms with E-state index >= 15 is 0 Å². The highest BCUT2D eigenvalue weighted by atomic mass is 16.3. The minimum atomic E-state index is 0.966. The Labute approximate surface area is 866 Å². The number of hydrogen-bond acceptors (Lipinski definition) is 5. The number of para-hydroxylation sites is 9. The Bertz CT molecular complexity index is 9000. The number of benzene rings is 22. The topological polar surface area (TPSA) is 70.6 Å². The lowest BCUT2D eigenvalue weighted by molar-refractivity contribution is 0.665. The lowest BCUT2D eigenvalue weighted by atomic mass is 9.97. The predicted octanol–water partition coefficient (Wildman–Crippen LogP) is 40.9. The maximum absolute atomic E-state index is 5.78. The SMILES string of the molecule is Cc1cc(-c2ccccc2)cc(-c2ccccc2)c1.Cc1ccc(-c2ccccc2)cc1.Cc1ccc2c(c1)c1ccccc1n2-c1ccccc1.Cc1ccc2c(c1)oc1ccccc12.Cc1ccc2oc3ccccc3c2c1.Cc1ccc2oc3ccccc3c2c1.Cc1cccc(-c2ccccc2)c1.Cc1cccc2c1oc1ccccc12.Cc1cccc2c1oc1ccccc12.Cc1ccccc1-c1ccccc1. The van der Waals surface area contributed by atoms with Gasteiger partial charge >= 0.3 is 0 Å². The molecule has 0 N–H and O–H groups in total. The molecule has 0 radical (unpaired) electrons.